The summed E-state index contributed by atoms with van der Waals surface area (Å²) in [6.45, 7) is 1.84. The number of hydrogen-bond donors (Lipinski definition) is 0. The molecular weight excluding hydrogens is 330 g/mol. The van der Waals surface area contributed by atoms with Gasteiger partial charge in [0.05, 0.1) is 22.5 Å². The highest BCUT2D eigenvalue weighted by Crippen LogP contribution is 2.25. The maximum atomic E-state index is 12.7. The fraction of sp³-hybridized carbons (Fsp3) is 0.100. The van der Waals surface area contributed by atoms with Crippen molar-refractivity contribution in [3.63, 3.8) is 0 Å². The van der Waals surface area contributed by atoms with E-state index in [2.05, 4.69) is 15.0 Å². The van der Waals surface area contributed by atoms with Crippen molar-refractivity contribution >= 4 is 16.9 Å². The Morgan fingerprint density at radius 2 is 1.96 bits per heavy atom. The summed E-state index contributed by atoms with van der Waals surface area (Å²) in [6, 6.07) is 12.9. The molecule has 0 saturated carbocycles. The molecule has 0 aliphatic rings. The summed E-state index contributed by atoms with van der Waals surface area (Å²) in [7, 11) is 0. The van der Waals surface area contributed by atoms with Crippen LogP contribution in [-0.2, 0) is 11.3 Å². The molecule has 0 saturated heterocycles. The van der Waals surface area contributed by atoms with Gasteiger partial charge in [0.25, 0.3) is 0 Å². The number of aromatic nitrogens is 3. The van der Waals surface area contributed by atoms with Gasteiger partial charge in [0.2, 0.25) is 0 Å². The lowest BCUT2D eigenvalue weighted by molar-refractivity contribution is 0.0447. The average molecular weight is 345 g/mol. The summed E-state index contributed by atoms with van der Waals surface area (Å²) in [6.07, 6.45) is 4.72. The Kier molecular flexibility index (Phi) is 4.15. The highest BCUT2D eigenvalue weighted by Gasteiger charge is 2.16. The van der Waals surface area contributed by atoms with Gasteiger partial charge in [0, 0.05) is 23.3 Å². The molecule has 0 bridgehead atoms. The fourth-order valence-electron chi connectivity index (χ4n) is 2.69. The number of benzene rings is 1. The van der Waals surface area contributed by atoms with E-state index in [9.17, 15) is 4.79 Å². The third-order valence-electron chi connectivity index (χ3n) is 4.09. The maximum Gasteiger partial charge on any atom is 0.339 e. The number of oxazole rings is 1. The van der Waals surface area contributed by atoms with Crippen molar-refractivity contribution in [2.75, 3.05) is 0 Å². The minimum atomic E-state index is -0.435. The number of ether oxygens (including phenoxy) is 1. The molecule has 4 aromatic rings. The highest BCUT2D eigenvalue weighted by molar-refractivity contribution is 6.04. The van der Waals surface area contributed by atoms with E-state index in [0.29, 0.717) is 22.7 Å². The monoisotopic (exact) mass is 345 g/mol. The summed E-state index contributed by atoms with van der Waals surface area (Å²) in [5, 5.41) is 0.740. The van der Waals surface area contributed by atoms with Crippen molar-refractivity contribution in [2.45, 2.75) is 13.5 Å². The predicted molar refractivity (Wildman–Crippen MR) is 95.3 cm³/mol. The number of carbonyl (C=O) groups is 1. The molecule has 0 N–H and O–H groups in total. The normalized spacial score (nSPS) is 10.8. The molecule has 6 nitrogen and oxygen atoms in total. The van der Waals surface area contributed by atoms with Gasteiger partial charge in [-0.25, -0.2) is 14.8 Å². The second-order valence-electron chi connectivity index (χ2n) is 5.75. The van der Waals surface area contributed by atoms with Crippen LogP contribution in [0.2, 0.25) is 0 Å². The quantitative estimate of drug-likeness (QED) is 0.521. The number of pyridine rings is 2. The molecule has 128 valence electrons. The van der Waals surface area contributed by atoms with Crippen LogP contribution in [0, 0.1) is 6.92 Å². The summed E-state index contributed by atoms with van der Waals surface area (Å²) >= 11 is 0. The van der Waals surface area contributed by atoms with Gasteiger partial charge in [-0.3, -0.25) is 4.98 Å². The van der Waals surface area contributed by atoms with E-state index in [1.165, 1.54) is 6.39 Å². The number of hydrogen-bond acceptors (Lipinski definition) is 6. The minimum Gasteiger partial charge on any atom is -0.454 e. The third kappa shape index (κ3) is 3.04. The Labute approximate surface area is 149 Å². The molecule has 0 unspecified atom stereocenters. The first-order valence-corrected chi connectivity index (χ1v) is 8.08. The fourth-order valence-corrected chi connectivity index (χ4v) is 2.69. The molecule has 0 aliphatic heterocycles. The lowest BCUT2D eigenvalue weighted by atomic mass is 10.0. The lowest BCUT2D eigenvalue weighted by Crippen LogP contribution is -2.07. The van der Waals surface area contributed by atoms with Crippen LogP contribution < -0.4 is 0 Å². The van der Waals surface area contributed by atoms with E-state index in [4.69, 9.17) is 9.15 Å². The average Bonchev–Trinajstić information content (AvgIpc) is 3.10. The predicted octanol–water partition coefficient (Wildman–Crippen LogP) is 3.95. The Balaban J connectivity index is 1.73. The maximum absolute atomic E-state index is 12.7. The Hall–Kier alpha value is -3.54. The Morgan fingerprint density at radius 1 is 1.15 bits per heavy atom. The second kappa shape index (κ2) is 6.76. The Morgan fingerprint density at radius 3 is 2.73 bits per heavy atom. The summed E-state index contributed by atoms with van der Waals surface area (Å²) < 4.78 is 10.7. The first-order chi connectivity index (χ1) is 12.7. The number of esters is 1. The number of para-hydroxylation sites is 1. The van der Waals surface area contributed by atoms with Crippen molar-refractivity contribution in [1.82, 2.24) is 15.0 Å². The molecule has 0 amide bonds. The molecule has 0 atom stereocenters. The molecule has 0 fully saturated rings. The van der Waals surface area contributed by atoms with Crippen molar-refractivity contribution < 1.29 is 13.9 Å². The van der Waals surface area contributed by atoms with Crippen molar-refractivity contribution in [1.29, 1.82) is 0 Å². The molecule has 3 heterocycles. The van der Waals surface area contributed by atoms with E-state index in [0.717, 1.165) is 16.5 Å². The number of rotatable bonds is 4. The van der Waals surface area contributed by atoms with Crippen molar-refractivity contribution in [3.8, 4) is 11.3 Å². The minimum absolute atomic E-state index is 0.0336. The number of nitrogens with zero attached hydrogens (tertiary/aromatic N) is 3. The largest absolute Gasteiger partial charge is 0.454 e. The van der Waals surface area contributed by atoms with Gasteiger partial charge in [0.15, 0.2) is 18.8 Å². The van der Waals surface area contributed by atoms with Crippen molar-refractivity contribution in [2.24, 2.45) is 0 Å². The van der Waals surface area contributed by atoms with Gasteiger partial charge in [0.1, 0.15) is 0 Å². The second-order valence-corrected chi connectivity index (χ2v) is 5.75. The number of carbonyl (C=O) groups excluding carboxylic acids is 1. The van der Waals surface area contributed by atoms with Crippen LogP contribution in [0.1, 0.15) is 21.8 Å². The highest BCUT2D eigenvalue weighted by atomic mass is 16.5. The van der Waals surface area contributed by atoms with Gasteiger partial charge in [-0.2, -0.15) is 0 Å². The van der Waals surface area contributed by atoms with Crippen LogP contribution >= 0.6 is 0 Å². The first-order valence-electron chi connectivity index (χ1n) is 8.08. The van der Waals surface area contributed by atoms with Gasteiger partial charge >= 0.3 is 5.97 Å². The van der Waals surface area contributed by atoms with Crippen LogP contribution in [0.5, 0.6) is 0 Å². The zero-order valence-corrected chi connectivity index (χ0v) is 14.0. The summed E-state index contributed by atoms with van der Waals surface area (Å²) in [4.78, 5) is 25.4. The van der Waals surface area contributed by atoms with Crippen LogP contribution in [0.4, 0.5) is 0 Å². The van der Waals surface area contributed by atoms with Crippen LogP contribution in [0.15, 0.2) is 65.7 Å². The van der Waals surface area contributed by atoms with E-state index < -0.39 is 5.97 Å². The van der Waals surface area contributed by atoms with Gasteiger partial charge < -0.3 is 9.15 Å². The molecular formula is C20H15N3O3. The van der Waals surface area contributed by atoms with Crippen LogP contribution in [0.3, 0.4) is 0 Å². The molecule has 0 radical (unpaired) electrons. The summed E-state index contributed by atoms with van der Waals surface area (Å²) in [5.41, 5.74) is 3.46. The summed E-state index contributed by atoms with van der Waals surface area (Å²) in [5.74, 6) is 0.0979. The zero-order valence-electron chi connectivity index (χ0n) is 14.0. The van der Waals surface area contributed by atoms with Gasteiger partial charge in [-0.1, -0.05) is 18.2 Å². The first kappa shape index (κ1) is 16.0. The van der Waals surface area contributed by atoms with E-state index in [1.54, 1.807) is 25.4 Å². The van der Waals surface area contributed by atoms with E-state index in [-0.39, 0.29) is 6.61 Å². The molecule has 4 rings (SSSR count). The molecule has 26 heavy (non-hydrogen) atoms. The lowest BCUT2D eigenvalue weighted by Gasteiger charge is -2.09. The molecule has 0 aliphatic carbocycles. The molecule has 3 aromatic heterocycles. The standard InChI is InChI=1S/C20H15N3O3/c1-13-19(26-12-22-13)11-25-20(24)16-10-18(14-6-8-21-9-7-14)23-17-5-3-2-4-15(16)17/h2-10,12H,11H2,1H3. The zero-order chi connectivity index (χ0) is 17.9. The van der Waals surface area contributed by atoms with Gasteiger partial charge in [-0.15, -0.1) is 0 Å². The number of aryl methyl sites for hydroxylation is 1. The molecule has 6 heteroatoms. The number of fused-ring (bicyclic) bond motifs is 1. The topological polar surface area (TPSA) is 78.1 Å². The van der Waals surface area contributed by atoms with Crippen LogP contribution in [0.25, 0.3) is 22.2 Å². The van der Waals surface area contributed by atoms with E-state index in [1.807, 2.05) is 36.4 Å². The van der Waals surface area contributed by atoms with Crippen molar-refractivity contribution in [3.05, 3.63) is 78.3 Å². The van der Waals surface area contributed by atoms with Crippen LogP contribution in [-0.4, -0.2) is 20.9 Å². The third-order valence-corrected chi connectivity index (χ3v) is 4.09. The van der Waals surface area contributed by atoms with Gasteiger partial charge in [-0.05, 0) is 31.2 Å². The smallest absolute Gasteiger partial charge is 0.339 e. The SMILES string of the molecule is Cc1ncoc1COC(=O)c1cc(-c2ccncc2)nc2ccccc12. The molecule has 1 aromatic carbocycles. The molecule has 0 spiro atoms. The van der Waals surface area contributed by atoms with E-state index >= 15 is 0 Å². The Bertz CT molecular complexity index is 1070.